The first-order valence-corrected chi connectivity index (χ1v) is 11.8. The Morgan fingerprint density at radius 3 is 2.23 bits per heavy atom. The minimum absolute atomic E-state index is 0.238. The highest BCUT2D eigenvalue weighted by molar-refractivity contribution is 5.78. The van der Waals surface area contributed by atoms with Crippen molar-refractivity contribution in [2.24, 2.45) is 5.92 Å². The number of amides is 1. The molecule has 0 bridgehead atoms. The molecule has 1 aliphatic heterocycles. The number of hydrogen-bond acceptors (Lipinski definition) is 2. The molecule has 3 rings (SSSR count). The molecule has 1 N–H and O–H groups in total. The number of carbonyl (C=O) groups is 1. The van der Waals surface area contributed by atoms with Crippen LogP contribution >= 0.6 is 0 Å². The van der Waals surface area contributed by atoms with E-state index in [0.717, 1.165) is 43.4 Å². The van der Waals surface area contributed by atoms with Gasteiger partial charge in [-0.1, -0.05) is 74.5 Å². The third-order valence-electron chi connectivity index (χ3n) is 6.89. The molecule has 2 aromatic rings. The van der Waals surface area contributed by atoms with E-state index in [9.17, 15) is 4.79 Å². The van der Waals surface area contributed by atoms with E-state index in [1.165, 1.54) is 11.1 Å². The van der Waals surface area contributed by atoms with Gasteiger partial charge in [0.05, 0.1) is 13.1 Å². The van der Waals surface area contributed by atoms with Gasteiger partial charge in [-0.15, -0.1) is 0 Å². The van der Waals surface area contributed by atoms with Crippen molar-refractivity contribution >= 4 is 5.91 Å². The van der Waals surface area contributed by atoms with Crippen LogP contribution in [0.25, 0.3) is 0 Å². The molecule has 0 aromatic heterocycles. The Morgan fingerprint density at radius 2 is 1.65 bits per heavy atom. The lowest BCUT2D eigenvalue weighted by Gasteiger charge is -2.51. The molecule has 31 heavy (non-hydrogen) atoms. The average molecular weight is 423 g/mol. The molecule has 0 aliphatic carbocycles. The zero-order valence-electron chi connectivity index (χ0n) is 19.8. The Balaban J connectivity index is 1.77. The number of aryl methyl sites for hydroxylation is 1. The van der Waals surface area contributed by atoms with Crippen LogP contribution in [0.3, 0.4) is 0 Å². The maximum absolute atomic E-state index is 13.5. The van der Waals surface area contributed by atoms with Gasteiger partial charge in [0.1, 0.15) is 12.6 Å². The molecular formula is C27H40N3O+. The van der Waals surface area contributed by atoms with Crippen LogP contribution in [0.1, 0.15) is 31.4 Å². The first kappa shape index (κ1) is 23.5. The zero-order chi connectivity index (χ0) is 22.3. The third kappa shape index (κ3) is 6.18. The summed E-state index contributed by atoms with van der Waals surface area (Å²) in [5.41, 5.74) is 2.66. The normalized spacial score (nSPS) is 22.7. The molecule has 0 radical (unpaired) electrons. The van der Waals surface area contributed by atoms with Crippen LogP contribution in [-0.4, -0.2) is 67.6 Å². The second-order valence-electron chi connectivity index (χ2n) is 9.71. The monoisotopic (exact) mass is 422 g/mol. The molecule has 1 aliphatic rings. The highest BCUT2D eigenvalue weighted by atomic mass is 16.2. The van der Waals surface area contributed by atoms with Crippen LogP contribution in [0, 0.1) is 5.92 Å². The number of piperazine rings is 1. The molecule has 4 heteroatoms. The van der Waals surface area contributed by atoms with Crippen molar-refractivity contribution in [3.63, 3.8) is 0 Å². The Labute approximate surface area is 188 Å². The highest BCUT2D eigenvalue weighted by Gasteiger charge is 2.45. The maximum Gasteiger partial charge on any atom is 0.278 e. The van der Waals surface area contributed by atoms with Gasteiger partial charge in [0, 0.05) is 19.0 Å². The molecule has 1 fully saturated rings. The molecule has 1 amide bonds. The SMILES string of the molecule is CNCC(C(C)C)[N+]1(C)CC(=O)N(CCCc2ccccc2)C(Cc2ccccc2)C1. The Hall–Kier alpha value is -2.17. The number of nitrogens with zero attached hydrogens (tertiary/aromatic N) is 2. The molecule has 3 atom stereocenters. The molecule has 1 saturated heterocycles. The fraction of sp³-hybridized carbons (Fsp3) is 0.519. The van der Waals surface area contributed by atoms with Crippen molar-refractivity contribution < 1.29 is 9.28 Å². The summed E-state index contributed by atoms with van der Waals surface area (Å²) >= 11 is 0. The summed E-state index contributed by atoms with van der Waals surface area (Å²) in [6, 6.07) is 21.9. The lowest BCUT2D eigenvalue weighted by atomic mass is 9.94. The number of carbonyl (C=O) groups excluding carboxylic acids is 1. The summed E-state index contributed by atoms with van der Waals surface area (Å²) in [4.78, 5) is 15.7. The van der Waals surface area contributed by atoms with Crippen LogP contribution in [0.15, 0.2) is 60.7 Å². The number of benzene rings is 2. The minimum Gasteiger partial charge on any atom is -0.329 e. The lowest BCUT2D eigenvalue weighted by molar-refractivity contribution is -0.933. The number of likely N-dealkylation sites (N-methyl/N-ethyl adjacent to an activating group) is 2. The average Bonchev–Trinajstić information content (AvgIpc) is 2.75. The number of rotatable bonds is 10. The summed E-state index contributed by atoms with van der Waals surface area (Å²) in [7, 11) is 4.31. The van der Waals surface area contributed by atoms with Crippen molar-refractivity contribution in [3.8, 4) is 0 Å². The van der Waals surface area contributed by atoms with Crippen LogP contribution in [0.5, 0.6) is 0 Å². The van der Waals surface area contributed by atoms with E-state index >= 15 is 0 Å². The van der Waals surface area contributed by atoms with Crippen molar-refractivity contribution in [2.45, 2.75) is 45.2 Å². The van der Waals surface area contributed by atoms with E-state index in [1.807, 2.05) is 7.05 Å². The van der Waals surface area contributed by atoms with Crippen LogP contribution in [0.4, 0.5) is 0 Å². The molecule has 2 aromatic carbocycles. The summed E-state index contributed by atoms with van der Waals surface area (Å²) < 4.78 is 0.823. The zero-order valence-corrected chi connectivity index (χ0v) is 19.8. The van der Waals surface area contributed by atoms with Gasteiger partial charge in [-0.3, -0.25) is 4.79 Å². The van der Waals surface area contributed by atoms with E-state index in [2.05, 4.69) is 91.8 Å². The number of nitrogens with one attached hydrogen (secondary N) is 1. The van der Waals surface area contributed by atoms with Gasteiger partial charge in [-0.25, -0.2) is 0 Å². The lowest BCUT2D eigenvalue weighted by Crippen LogP contribution is -2.70. The van der Waals surface area contributed by atoms with E-state index in [-0.39, 0.29) is 6.04 Å². The van der Waals surface area contributed by atoms with Crippen molar-refractivity contribution in [1.29, 1.82) is 0 Å². The van der Waals surface area contributed by atoms with Gasteiger partial charge in [0.25, 0.3) is 5.91 Å². The standard InChI is InChI=1S/C27H40N3O/c1-22(2)26(19-28-3)30(4)20-25(18-24-14-9-6-10-15-24)29(27(31)21-30)17-11-16-23-12-7-5-8-13-23/h5-10,12-15,22,25-26,28H,11,16-21H2,1-4H3/q+1. The summed E-state index contributed by atoms with van der Waals surface area (Å²) in [5, 5.41) is 3.37. The largest absolute Gasteiger partial charge is 0.329 e. The molecule has 0 saturated carbocycles. The van der Waals surface area contributed by atoms with Gasteiger partial charge in [0.2, 0.25) is 0 Å². The van der Waals surface area contributed by atoms with Gasteiger partial charge < -0.3 is 14.7 Å². The predicted molar refractivity (Wildman–Crippen MR) is 129 cm³/mol. The predicted octanol–water partition coefficient (Wildman–Crippen LogP) is 3.76. The number of hydrogen-bond donors (Lipinski definition) is 1. The summed E-state index contributed by atoms with van der Waals surface area (Å²) in [6.07, 6.45) is 2.95. The van der Waals surface area contributed by atoms with Crippen LogP contribution < -0.4 is 5.32 Å². The molecule has 168 valence electrons. The van der Waals surface area contributed by atoms with Crippen molar-refractivity contribution in [3.05, 3.63) is 71.8 Å². The van der Waals surface area contributed by atoms with Gasteiger partial charge in [0.15, 0.2) is 6.54 Å². The summed E-state index contributed by atoms with van der Waals surface area (Å²) in [6.45, 7) is 7.96. The molecule has 0 spiro atoms. The topological polar surface area (TPSA) is 32.3 Å². The minimum atomic E-state index is 0.238. The molecule has 1 heterocycles. The van der Waals surface area contributed by atoms with Gasteiger partial charge >= 0.3 is 0 Å². The molecule has 3 unspecified atom stereocenters. The second kappa shape index (κ2) is 10.9. The van der Waals surface area contributed by atoms with Gasteiger partial charge in [-0.05, 0) is 37.4 Å². The van der Waals surface area contributed by atoms with Crippen molar-refractivity contribution in [1.82, 2.24) is 10.2 Å². The van der Waals surface area contributed by atoms with E-state index in [0.29, 0.717) is 24.4 Å². The first-order valence-electron chi connectivity index (χ1n) is 11.8. The first-order chi connectivity index (χ1) is 14.9. The van der Waals surface area contributed by atoms with Gasteiger partial charge in [-0.2, -0.15) is 0 Å². The van der Waals surface area contributed by atoms with E-state index < -0.39 is 0 Å². The Morgan fingerprint density at radius 1 is 1.03 bits per heavy atom. The quantitative estimate of drug-likeness (QED) is 0.591. The Bertz CT molecular complexity index is 808. The smallest absolute Gasteiger partial charge is 0.278 e. The van der Waals surface area contributed by atoms with E-state index in [1.54, 1.807) is 0 Å². The van der Waals surface area contributed by atoms with E-state index in [4.69, 9.17) is 0 Å². The fourth-order valence-corrected chi connectivity index (χ4v) is 5.35. The molecular weight excluding hydrogens is 382 g/mol. The van der Waals surface area contributed by atoms with Crippen molar-refractivity contribution in [2.75, 3.05) is 40.3 Å². The highest BCUT2D eigenvalue weighted by Crippen LogP contribution is 2.27. The van der Waals surface area contributed by atoms with Crippen LogP contribution in [-0.2, 0) is 17.6 Å². The Kier molecular flexibility index (Phi) is 8.28. The molecule has 4 nitrogen and oxygen atoms in total. The maximum atomic E-state index is 13.5. The third-order valence-corrected chi connectivity index (χ3v) is 6.89. The van der Waals surface area contributed by atoms with Crippen LogP contribution in [0.2, 0.25) is 0 Å². The fourth-order valence-electron chi connectivity index (χ4n) is 5.35. The second-order valence-corrected chi connectivity index (χ2v) is 9.71. The number of quaternary nitrogens is 1. The summed E-state index contributed by atoms with van der Waals surface area (Å²) in [5.74, 6) is 0.830.